The Hall–Kier alpha value is -2.69. The average Bonchev–Trinajstić information content (AvgIpc) is 3.47. The Labute approximate surface area is 164 Å². The van der Waals surface area contributed by atoms with E-state index in [1.165, 1.54) is 12.0 Å². The van der Waals surface area contributed by atoms with E-state index in [1.54, 1.807) is 0 Å². The first kappa shape index (κ1) is 17.4. The van der Waals surface area contributed by atoms with Crippen molar-refractivity contribution in [3.8, 4) is 11.3 Å². The van der Waals surface area contributed by atoms with Gasteiger partial charge in [0, 0.05) is 29.8 Å². The summed E-state index contributed by atoms with van der Waals surface area (Å²) in [5, 5.41) is 5.06. The van der Waals surface area contributed by atoms with Crippen molar-refractivity contribution >= 4 is 17.0 Å². The molecule has 0 radical (unpaired) electrons. The summed E-state index contributed by atoms with van der Waals surface area (Å²) in [5.74, 6) is 0.528. The number of hydrogen-bond acceptors (Lipinski definition) is 4. The maximum Gasteiger partial charge on any atom is 0.259 e. The van der Waals surface area contributed by atoms with E-state index < -0.39 is 0 Å². The van der Waals surface area contributed by atoms with Gasteiger partial charge < -0.3 is 9.42 Å². The van der Waals surface area contributed by atoms with Crippen LogP contribution in [0.2, 0.25) is 0 Å². The van der Waals surface area contributed by atoms with E-state index in [1.807, 2.05) is 23.1 Å². The van der Waals surface area contributed by atoms with Crippen molar-refractivity contribution in [2.75, 3.05) is 6.54 Å². The van der Waals surface area contributed by atoms with E-state index in [2.05, 4.69) is 31.1 Å². The van der Waals surface area contributed by atoms with Crippen LogP contribution < -0.4 is 0 Å². The lowest BCUT2D eigenvalue weighted by molar-refractivity contribution is 0.0637. The first-order valence-corrected chi connectivity index (χ1v) is 10.3. The molecule has 3 heterocycles. The molecule has 2 aliphatic rings. The number of carbonyl (C=O) groups is 1. The minimum atomic E-state index is 0.0815. The van der Waals surface area contributed by atoms with Gasteiger partial charge in [0.1, 0.15) is 5.69 Å². The second-order valence-corrected chi connectivity index (χ2v) is 8.29. The van der Waals surface area contributed by atoms with Gasteiger partial charge >= 0.3 is 0 Å². The summed E-state index contributed by atoms with van der Waals surface area (Å²) in [4.78, 5) is 20.3. The zero-order valence-corrected chi connectivity index (χ0v) is 16.4. The van der Waals surface area contributed by atoms with E-state index in [0.717, 1.165) is 48.9 Å². The molecule has 1 saturated heterocycles. The van der Waals surface area contributed by atoms with Gasteiger partial charge in [-0.3, -0.25) is 4.79 Å². The molecule has 0 N–H and O–H groups in total. The van der Waals surface area contributed by atoms with Gasteiger partial charge in [0.25, 0.3) is 11.6 Å². The largest absolute Gasteiger partial charge is 0.336 e. The van der Waals surface area contributed by atoms with Crippen molar-refractivity contribution in [1.82, 2.24) is 15.0 Å². The first-order valence-electron chi connectivity index (χ1n) is 10.3. The van der Waals surface area contributed by atoms with Crippen LogP contribution in [0.3, 0.4) is 0 Å². The van der Waals surface area contributed by atoms with Crippen molar-refractivity contribution in [2.45, 2.75) is 57.9 Å². The predicted molar refractivity (Wildman–Crippen MR) is 108 cm³/mol. The molecule has 2 fully saturated rings. The number of pyridine rings is 1. The second-order valence-electron chi connectivity index (χ2n) is 8.29. The number of aryl methyl sites for hydroxylation is 1. The molecular formula is C23H25N3O2. The van der Waals surface area contributed by atoms with Gasteiger partial charge in [-0.25, -0.2) is 4.98 Å². The van der Waals surface area contributed by atoms with Crippen LogP contribution in [0.15, 0.2) is 34.9 Å². The Balaban J connectivity index is 1.67. The molecule has 28 heavy (non-hydrogen) atoms. The summed E-state index contributed by atoms with van der Waals surface area (Å²) in [6.07, 6.45) is 5.57. The highest BCUT2D eigenvalue weighted by molar-refractivity contribution is 6.09. The normalized spacial score (nSPS) is 19.9. The molecule has 1 saturated carbocycles. The number of piperidine rings is 1. The van der Waals surface area contributed by atoms with Crippen molar-refractivity contribution in [2.24, 2.45) is 0 Å². The topological polar surface area (TPSA) is 59.2 Å². The Bertz CT molecular complexity index is 1030. The molecule has 1 amide bonds. The number of amides is 1. The first-order chi connectivity index (χ1) is 13.6. The van der Waals surface area contributed by atoms with E-state index in [9.17, 15) is 4.79 Å². The van der Waals surface area contributed by atoms with E-state index in [-0.39, 0.29) is 11.9 Å². The molecule has 1 aromatic carbocycles. The molecule has 2 aromatic heterocycles. The number of benzene rings is 1. The van der Waals surface area contributed by atoms with Gasteiger partial charge in [-0.15, -0.1) is 0 Å². The van der Waals surface area contributed by atoms with Crippen molar-refractivity contribution < 1.29 is 9.32 Å². The van der Waals surface area contributed by atoms with Crippen LogP contribution in [0.5, 0.6) is 0 Å². The fourth-order valence-electron chi connectivity index (χ4n) is 4.19. The van der Waals surface area contributed by atoms with Crippen LogP contribution in [0.1, 0.15) is 66.6 Å². The number of likely N-dealkylation sites (tertiary alicyclic amines) is 1. The predicted octanol–water partition coefficient (Wildman–Crippen LogP) is 5.09. The fourth-order valence-corrected chi connectivity index (χ4v) is 4.19. The van der Waals surface area contributed by atoms with E-state index in [0.29, 0.717) is 22.9 Å². The highest BCUT2D eigenvalue weighted by Gasteiger charge is 2.32. The van der Waals surface area contributed by atoms with Crippen LogP contribution in [-0.2, 0) is 0 Å². The molecule has 0 spiro atoms. The molecule has 3 aromatic rings. The third kappa shape index (κ3) is 2.99. The third-order valence-corrected chi connectivity index (χ3v) is 6.08. The lowest BCUT2D eigenvalue weighted by atomic mass is 9.99. The third-order valence-electron chi connectivity index (χ3n) is 6.08. The molecule has 5 heteroatoms. The highest BCUT2D eigenvalue weighted by atomic mass is 16.5. The standard InChI is InChI=1S/C23H25N3O2/c1-14-6-8-17(9-7-14)21-20-18(23(27)26-12-4-3-5-15(26)2)13-19(16-10-11-16)24-22(20)28-25-21/h6-9,13,15-16H,3-5,10-12H2,1-2H3. The van der Waals surface area contributed by atoms with Crippen molar-refractivity contribution in [3.05, 3.63) is 47.2 Å². The number of hydrogen-bond donors (Lipinski definition) is 0. The highest BCUT2D eigenvalue weighted by Crippen LogP contribution is 2.41. The van der Waals surface area contributed by atoms with Crippen LogP contribution in [-0.4, -0.2) is 33.5 Å². The fraction of sp³-hybridized carbons (Fsp3) is 0.435. The zero-order valence-electron chi connectivity index (χ0n) is 16.4. The summed E-state index contributed by atoms with van der Waals surface area (Å²) in [6, 6.07) is 10.4. The minimum Gasteiger partial charge on any atom is -0.336 e. The smallest absolute Gasteiger partial charge is 0.259 e. The molecule has 1 atom stereocenters. The van der Waals surface area contributed by atoms with Crippen molar-refractivity contribution in [3.63, 3.8) is 0 Å². The van der Waals surface area contributed by atoms with Gasteiger partial charge in [0.15, 0.2) is 0 Å². The van der Waals surface area contributed by atoms with Gasteiger partial charge in [-0.05, 0) is 52.0 Å². The number of rotatable bonds is 3. The summed E-state index contributed by atoms with van der Waals surface area (Å²) in [6.45, 7) is 5.01. The molecule has 5 nitrogen and oxygen atoms in total. The van der Waals surface area contributed by atoms with Crippen LogP contribution in [0.25, 0.3) is 22.4 Å². The Morgan fingerprint density at radius 1 is 1.14 bits per heavy atom. The van der Waals surface area contributed by atoms with Crippen LogP contribution in [0.4, 0.5) is 0 Å². The number of nitrogens with zero attached hydrogens (tertiary/aromatic N) is 3. The molecular weight excluding hydrogens is 350 g/mol. The zero-order chi connectivity index (χ0) is 19.3. The van der Waals surface area contributed by atoms with Crippen molar-refractivity contribution in [1.29, 1.82) is 0 Å². The molecule has 144 valence electrons. The van der Waals surface area contributed by atoms with Gasteiger partial charge in [-0.2, -0.15) is 0 Å². The monoisotopic (exact) mass is 375 g/mol. The summed E-state index contributed by atoms with van der Waals surface area (Å²) in [7, 11) is 0. The molecule has 1 unspecified atom stereocenters. The average molecular weight is 375 g/mol. The lowest BCUT2D eigenvalue weighted by Crippen LogP contribution is -2.42. The van der Waals surface area contributed by atoms with E-state index >= 15 is 0 Å². The summed E-state index contributed by atoms with van der Waals surface area (Å²) < 4.78 is 5.63. The Kier molecular flexibility index (Phi) is 4.18. The molecule has 1 aliphatic heterocycles. The van der Waals surface area contributed by atoms with Gasteiger partial charge in [-0.1, -0.05) is 35.0 Å². The Morgan fingerprint density at radius 2 is 1.93 bits per heavy atom. The maximum absolute atomic E-state index is 13.6. The van der Waals surface area contributed by atoms with Crippen LogP contribution in [0, 0.1) is 6.92 Å². The maximum atomic E-state index is 13.6. The van der Waals surface area contributed by atoms with E-state index in [4.69, 9.17) is 9.51 Å². The number of aromatic nitrogens is 2. The SMILES string of the molecule is Cc1ccc(-c2noc3nc(C4CC4)cc(C(=O)N4CCCCC4C)c23)cc1. The quantitative estimate of drug-likeness (QED) is 0.640. The Morgan fingerprint density at radius 3 is 2.64 bits per heavy atom. The molecule has 1 aliphatic carbocycles. The van der Waals surface area contributed by atoms with Gasteiger partial charge in [0.05, 0.1) is 10.9 Å². The molecule has 0 bridgehead atoms. The lowest BCUT2D eigenvalue weighted by Gasteiger charge is -2.33. The minimum absolute atomic E-state index is 0.0815. The second kappa shape index (κ2) is 6.73. The van der Waals surface area contributed by atoms with Gasteiger partial charge in [0.2, 0.25) is 0 Å². The summed E-state index contributed by atoms with van der Waals surface area (Å²) in [5.41, 5.74) is 4.98. The molecule has 5 rings (SSSR count). The summed E-state index contributed by atoms with van der Waals surface area (Å²) >= 11 is 0. The van der Waals surface area contributed by atoms with Crippen LogP contribution >= 0.6 is 0 Å². The number of carbonyl (C=O) groups excluding carboxylic acids is 1. The number of fused-ring (bicyclic) bond motifs is 1.